The van der Waals surface area contributed by atoms with Crippen molar-refractivity contribution in [2.75, 3.05) is 39.6 Å². The number of aliphatic hydroxyl groups excluding tert-OH is 1. The van der Waals surface area contributed by atoms with E-state index in [1.54, 1.807) is 12.1 Å². The molecule has 0 radical (unpaired) electrons. The van der Waals surface area contributed by atoms with E-state index in [4.69, 9.17) is 18.9 Å². The van der Waals surface area contributed by atoms with Gasteiger partial charge in [-0.05, 0) is 80.1 Å². The number of ether oxygens (including phenoxy) is 4. The molecule has 0 aromatic heterocycles. The molecule has 0 saturated heterocycles. The van der Waals surface area contributed by atoms with Gasteiger partial charge in [-0.2, -0.15) is 0 Å². The van der Waals surface area contributed by atoms with Gasteiger partial charge in [0.25, 0.3) is 15.9 Å². The van der Waals surface area contributed by atoms with Crippen LogP contribution < -0.4 is 14.8 Å². The molecular formula is C36H57N3O8SSi. The van der Waals surface area contributed by atoms with Gasteiger partial charge in [-0.15, -0.1) is 0 Å². The molecule has 1 aliphatic rings. The maximum absolute atomic E-state index is 12.7. The van der Waals surface area contributed by atoms with E-state index in [-0.39, 0.29) is 11.6 Å². The van der Waals surface area contributed by atoms with E-state index in [1.807, 2.05) is 42.8 Å². The average Bonchev–Trinajstić information content (AvgIpc) is 3.03. The van der Waals surface area contributed by atoms with Crippen molar-refractivity contribution in [3.8, 4) is 5.75 Å². The van der Waals surface area contributed by atoms with Crippen LogP contribution in [0.4, 0.5) is 0 Å². The highest BCUT2D eigenvalue weighted by molar-refractivity contribution is 7.90. The Morgan fingerprint density at radius 2 is 1.78 bits per heavy atom. The Hall–Kier alpha value is -2.65. The maximum Gasteiger partial charge on any atom is 0.275 e. The first-order valence-corrected chi connectivity index (χ1v) is 22.6. The zero-order chi connectivity index (χ0) is 35.8. The van der Waals surface area contributed by atoms with Crippen LogP contribution in [0.3, 0.4) is 0 Å². The summed E-state index contributed by atoms with van der Waals surface area (Å²) >= 11 is 0. The van der Waals surface area contributed by atoms with Gasteiger partial charge in [-0.1, -0.05) is 50.7 Å². The number of aliphatic imine (C=N–C) groups is 1. The quantitative estimate of drug-likeness (QED) is 0.0744. The number of nitrogens with zero attached hydrogens (tertiary/aromatic N) is 1. The Kier molecular flexibility index (Phi) is 16.9. The van der Waals surface area contributed by atoms with Crippen LogP contribution in [0.1, 0.15) is 75.2 Å². The van der Waals surface area contributed by atoms with Gasteiger partial charge in [-0.3, -0.25) is 9.79 Å². The number of benzene rings is 2. The number of aliphatic hydroxyl groups is 1. The summed E-state index contributed by atoms with van der Waals surface area (Å²) in [5.41, 5.74) is 2.70. The molecule has 274 valence electrons. The summed E-state index contributed by atoms with van der Waals surface area (Å²) in [6, 6.07) is 13.4. The number of nitrogens with one attached hydrogen (secondary N) is 2. The SMILES string of the molecule is CC1(C)OCc2cc([C@@H](O)CNCCCCCCOCCCCc3cccc(S(=O)(=O)NC(=O)C=NCOCC[Si](C)(C)C)c3)ccc2O1. The lowest BCUT2D eigenvalue weighted by molar-refractivity contribution is -0.180. The summed E-state index contributed by atoms with van der Waals surface area (Å²) < 4.78 is 50.2. The largest absolute Gasteiger partial charge is 0.463 e. The van der Waals surface area contributed by atoms with E-state index < -0.39 is 35.9 Å². The number of carbonyl (C=O) groups excluding carboxylic acids is 1. The van der Waals surface area contributed by atoms with Crippen molar-refractivity contribution in [1.82, 2.24) is 10.0 Å². The summed E-state index contributed by atoms with van der Waals surface area (Å²) in [6.45, 7) is 14.3. The molecule has 0 fully saturated rings. The molecule has 0 unspecified atom stereocenters. The lowest BCUT2D eigenvalue weighted by atomic mass is 10.0. The Labute approximate surface area is 294 Å². The lowest BCUT2D eigenvalue weighted by Crippen LogP contribution is -2.35. The Balaban J connectivity index is 1.19. The highest BCUT2D eigenvalue weighted by atomic mass is 32.2. The normalized spacial score (nSPS) is 15.1. The third-order valence-electron chi connectivity index (χ3n) is 7.95. The second-order valence-corrected chi connectivity index (χ2v) is 21.4. The number of carbonyl (C=O) groups is 1. The average molecular weight is 720 g/mol. The monoisotopic (exact) mass is 719 g/mol. The van der Waals surface area contributed by atoms with Gasteiger partial charge in [0.15, 0.2) is 0 Å². The number of aryl methyl sites for hydroxylation is 1. The highest BCUT2D eigenvalue weighted by Gasteiger charge is 2.27. The van der Waals surface area contributed by atoms with Crippen LogP contribution in [-0.4, -0.2) is 79.1 Å². The fourth-order valence-electron chi connectivity index (χ4n) is 5.07. The topological polar surface area (TPSA) is 145 Å². The molecule has 0 saturated carbocycles. The van der Waals surface area contributed by atoms with Crippen molar-refractivity contribution >= 4 is 30.2 Å². The number of hydrogen-bond acceptors (Lipinski definition) is 10. The summed E-state index contributed by atoms with van der Waals surface area (Å²) in [4.78, 5) is 16.0. The van der Waals surface area contributed by atoms with Gasteiger partial charge in [0.2, 0.25) is 5.79 Å². The second-order valence-electron chi connectivity index (χ2n) is 14.1. The number of fused-ring (bicyclic) bond motifs is 1. The smallest absolute Gasteiger partial charge is 0.275 e. The third-order valence-corrected chi connectivity index (χ3v) is 11.0. The summed E-state index contributed by atoms with van der Waals surface area (Å²) in [7, 11) is -5.20. The number of hydrogen-bond donors (Lipinski definition) is 3. The molecule has 0 aliphatic carbocycles. The number of amides is 1. The van der Waals surface area contributed by atoms with E-state index in [0.717, 1.165) is 86.4 Å². The fraction of sp³-hybridized carbons (Fsp3) is 0.611. The zero-order valence-corrected chi connectivity index (χ0v) is 31.8. The van der Waals surface area contributed by atoms with Crippen molar-refractivity contribution in [2.24, 2.45) is 4.99 Å². The van der Waals surface area contributed by atoms with Crippen molar-refractivity contribution < 1.29 is 37.3 Å². The van der Waals surface area contributed by atoms with Crippen molar-refractivity contribution in [3.63, 3.8) is 0 Å². The molecule has 2 aromatic rings. The Morgan fingerprint density at radius 3 is 2.55 bits per heavy atom. The van der Waals surface area contributed by atoms with E-state index in [0.29, 0.717) is 32.8 Å². The van der Waals surface area contributed by atoms with Crippen molar-refractivity contribution in [2.45, 2.75) is 108 Å². The molecule has 1 atom stereocenters. The lowest BCUT2D eigenvalue weighted by Gasteiger charge is -2.33. The zero-order valence-electron chi connectivity index (χ0n) is 30.0. The predicted octanol–water partition coefficient (Wildman–Crippen LogP) is 5.74. The van der Waals surface area contributed by atoms with Crippen LogP contribution in [0.2, 0.25) is 25.7 Å². The Bertz CT molecular complexity index is 1450. The number of unbranched alkanes of at least 4 members (excludes halogenated alkanes) is 4. The molecule has 1 amide bonds. The van der Waals surface area contributed by atoms with Crippen LogP contribution in [0.25, 0.3) is 0 Å². The van der Waals surface area contributed by atoms with Crippen LogP contribution in [0, 0.1) is 0 Å². The highest BCUT2D eigenvalue weighted by Crippen LogP contribution is 2.32. The minimum Gasteiger partial charge on any atom is -0.463 e. The van der Waals surface area contributed by atoms with Crippen LogP contribution >= 0.6 is 0 Å². The van der Waals surface area contributed by atoms with Gasteiger partial charge in [0.1, 0.15) is 12.5 Å². The molecule has 2 aromatic carbocycles. The first-order valence-electron chi connectivity index (χ1n) is 17.4. The Morgan fingerprint density at radius 1 is 1.02 bits per heavy atom. The molecule has 3 rings (SSSR count). The van der Waals surface area contributed by atoms with Gasteiger partial charge >= 0.3 is 0 Å². The molecule has 11 nitrogen and oxygen atoms in total. The standard InChI is InChI=1S/C36H57N3O8SSi/c1-36(2)46-27-31-24-30(16-17-34(31)47-36)33(40)25-37-18-9-6-7-10-19-44-20-11-8-13-29-14-12-15-32(23-29)48(42,43)39-35(41)26-38-28-45-21-22-49(3,4)5/h12,14-17,23-24,26,33,37,40H,6-11,13,18-22,25,27-28H2,1-5H3,(H,39,41)/t33-/m0/s1. The number of sulfonamides is 1. The van der Waals surface area contributed by atoms with Gasteiger partial charge in [0.05, 0.1) is 23.8 Å². The maximum atomic E-state index is 12.7. The van der Waals surface area contributed by atoms with E-state index in [2.05, 4.69) is 30.0 Å². The van der Waals surface area contributed by atoms with Gasteiger partial charge < -0.3 is 29.4 Å². The molecule has 3 N–H and O–H groups in total. The van der Waals surface area contributed by atoms with Crippen molar-refractivity contribution in [1.29, 1.82) is 0 Å². The minimum atomic E-state index is -4.00. The second kappa shape index (κ2) is 20.3. The predicted molar refractivity (Wildman–Crippen MR) is 195 cm³/mol. The van der Waals surface area contributed by atoms with Gasteiger partial charge in [0, 0.05) is 53.9 Å². The molecule has 1 heterocycles. The van der Waals surface area contributed by atoms with Crippen molar-refractivity contribution in [3.05, 3.63) is 59.2 Å². The fourth-order valence-corrected chi connectivity index (χ4v) is 6.82. The van der Waals surface area contributed by atoms with E-state index in [9.17, 15) is 18.3 Å². The van der Waals surface area contributed by atoms with E-state index in [1.165, 1.54) is 6.07 Å². The van der Waals surface area contributed by atoms with E-state index >= 15 is 0 Å². The molecule has 1 aliphatic heterocycles. The first kappa shape index (κ1) is 40.8. The van der Waals surface area contributed by atoms with Gasteiger partial charge in [-0.25, -0.2) is 13.1 Å². The number of rotatable bonds is 23. The van der Waals surface area contributed by atoms with Crippen LogP contribution in [-0.2, 0) is 42.1 Å². The molecule has 49 heavy (non-hydrogen) atoms. The summed E-state index contributed by atoms with van der Waals surface area (Å²) in [5, 5.41) is 13.9. The summed E-state index contributed by atoms with van der Waals surface area (Å²) in [5.74, 6) is -0.627. The minimum absolute atomic E-state index is 0.0201. The van der Waals surface area contributed by atoms with Crippen LogP contribution in [0.5, 0.6) is 5.75 Å². The summed E-state index contributed by atoms with van der Waals surface area (Å²) in [6.07, 6.45) is 7.03. The van der Waals surface area contributed by atoms with Crippen LogP contribution in [0.15, 0.2) is 52.4 Å². The third kappa shape index (κ3) is 16.3. The first-order chi connectivity index (χ1) is 23.2. The molecule has 0 spiro atoms. The molecule has 0 bridgehead atoms. The molecular weight excluding hydrogens is 663 g/mol. The molecule has 13 heteroatoms.